The third-order valence-electron chi connectivity index (χ3n) is 2.49. The second-order valence-corrected chi connectivity index (χ2v) is 4.08. The first-order chi connectivity index (χ1) is 8.58. The molecule has 5 heteroatoms. The van der Waals surface area contributed by atoms with Gasteiger partial charge in [0.2, 0.25) is 5.95 Å². The summed E-state index contributed by atoms with van der Waals surface area (Å²) in [6.07, 6.45) is 1.60. The number of carbonyl (C=O) groups excluding carboxylic acids is 1. The monoisotopic (exact) mass is 242 g/mol. The molecular formula is C13H14N4O. The van der Waals surface area contributed by atoms with E-state index < -0.39 is 0 Å². The lowest BCUT2D eigenvalue weighted by atomic mass is 10.1. The minimum absolute atomic E-state index is 0.0427. The molecule has 1 aromatic carbocycles. The number of aromatic nitrogens is 2. The minimum Gasteiger partial charge on any atom is -0.368 e. The molecule has 2 aromatic rings. The van der Waals surface area contributed by atoms with E-state index in [1.807, 2.05) is 12.1 Å². The highest BCUT2D eigenvalue weighted by Crippen LogP contribution is 2.18. The molecule has 1 amide bonds. The molecule has 0 unspecified atom stereocenters. The van der Waals surface area contributed by atoms with Gasteiger partial charge in [0.15, 0.2) is 0 Å². The van der Waals surface area contributed by atoms with Crippen molar-refractivity contribution in [3.8, 4) is 11.3 Å². The summed E-state index contributed by atoms with van der Waals surface area (Å²) in [7, 11) is 3.44. The molecule has 18 heavy (non-hydrogen) atoms. The van der Waals surface area contributed by atoms with Crippen molar-refractivity contribution in [1.82, 2.24) is 14.9 Å². The zero-order valence-corrected chi connectivity index (χ0v) is 10.3. The largest absolute Gasteiger partial charge is 0.368 e. The average Bonchev–Trinajstić information content (AvgIpc) is 2.38. The van der Waals surface area contributed by atoms with E-state index >= 15 is 0 Å². The molecule has 0 atom stereocenters. The van der Waals surface area contributed by atoms with Crippen LogP contribution in [0.4, 0.5) is 5.95 Å². The van der Waals surface area contributed by atoms with E-state index in [1.54, 1.807) is 38.5 Å². The number of nitrogen functional groups attached to an aromatic ring is 1. The number of nitrogens with two attached hydrogens (primary N) is 1. The average molecular weight is 242 g/mol. The molecule has 2 rings (SSSR count). The van der Waals surface area contributed by atoms with Gasteiger partial charge in [0.25, 0.3) is 5.91 Å². The molecule has 0 bridgehead atoms. The number of rotatable bonds is 2. The molecular weight excluding hydrogens is 228 g/mol. The van der Waals surface area contributed by atoms with E-state index in [0.29, 0.717) is 11.3 Å². The quantitative estimate of drug-likeness (QED) is 0.864. The summed E-state index contributed by atoms with van der Waals surface area (Å²) >= 11 is 0. The molecule has 0 aliphatic rings. The van der Waals surface area contributed by atoms with Crippen LogP contribution in [0, 0.1) is 0 Å². The molecule has 1 heterocycles. The maximum absolute atomic E-state index is 11.9. The third kappa shape index (κ3) is 2.45. The molecule has 0 aliphatic heterocycles. The number of benzene rings is 1. The Balaban J connectivity index is 2.42. The van der Waals surface area contributed by atoms with Crippen LogP contribution in [0.5, 0.6) is 0 Å². The van der Waals surface area contributed by atoms with Gasteiger partial charge < -0.3 is 10.6 Å². The number of nitrogens with zero attached hydrogens (tertiary/aromatic N) is 3. The number of amides is 1. The topological polar surface area (TPSA) is 72.1 Å². The van der Waals surface area contributed by atoms with Gasteiger partial charge in [0, 0.05) is 31.4 Å². The van der Waals surface area contributed by atoms with Crippen molar-refractivity contribution in [3.05, 3.63) is 42.1 Å². The van der Waals surface area contributed by atoms with Crippen LogP contribution in [-0.2, 0) is 0 Å². The fourth-order valence-corrected chi connectivity index (χ4v) is 1.60. The summed E-state index contributed by atoms with van der Waals surface area (Å²) in [6, 6.07) is 9.04. The molecule has 0 radical (unpaired) electrons. The van der Waals surface area contributed by atoms with Crippen LogP contribution in [0.25, 0.3) is 11.3 Å². The van der Waals surface area contributed by atoms with Gasteiger partial charge in [-0.25, -0.2) is 9.97 Å². The van der Waals surface area contributed by atoms with Crippen LogP contribution in [0.2, 0.25) is 0 Å². The highest BCUT2D eigenvalue weighted by molar-refractivity contribution is 5.95. The van der Waals surface area contributed by atoms with E-state index in [-0.39, 0.29) is 11.9 Å². The van der Waals surface area contributed by atoms with E-state index in [2.05, 4.69) is 9.97 Å². The van der Waals surface area contributed by atoms with Crippen LogP contribution in [0.3, 0.4) is 0 Å². The fourth-order valence-electron chi connectivity index (χ4n) is 1.60. The fraction of sp³-hybridized carbons (Fsp3) is 0.154. The zero-order valence-electron chi connectivity index (χ0n) is 10.3. The summed E-state index contributed by atoms with van der Waals surface area (Å²) in [6.45, 7) is 0. The normalized spacial score (nSPS) is 10.1. The zero-order chi connectivity index (χ0) is 13.1. The molecule has 0 saturated heterocycles. The number of hydrogen-bond acceptors (Lipinski definition) is 4. The molecule has 0 aliphatic carbocycles. The van der Waals surface area contributed by atoms with Crippen molar-refractivity contribution in [1.29, 1.82) is 0 Å². The maximum Gasteiger partial charge on any atom is 0.253 e. The first-order valence-corrected chi connectivity index (χ1v) is 5.48. The Morgan fingerprint density at radius 3 is 2.72 bits per heavy atom. The lowest BCUT2D eigenvalue weighted by Crippen LogP contribution is -2.21. The van der Waals surface area contributed by atoms with Gasteiger partial charge in [-0.2, -0.15) is 0 Å². The Labute approximate surface area is 105 Å². The van der Waals surface area contributed by atoms with Gasteiger partial charge in [0.05, 0.1) is 5.69 Å². The minimum atomic E-state index is -0.0427. The van der Waals surface area contributed by atoms with Crippen LogP contribution in [0.15, 0.2) is 36.5 Å². The molecule has 0 saturated carbocycles. The summed E-state index contributed by atoms with van der Waals surface area (Å²) in [5, 5.41) is 0. The highest BCUT2D eigenvalue weighted by Gasteiger charge is 2.09. The van der Waals surface area contributed by atoms with E-state index in [1.165, 1.54) is 4.90 Å². The number of carbonyl (C=O) groups is 1. The molecule has 2 N–H and O–H groups in total. The molecule has 92 valence electrons. The Morgan fingerprint density at radius 1 is 1.28 bits per heavy atom. The number of hydrogen-bond donors (Lipinski definition) is 1. The SMILES string of the molecule is CN(C)C(=O)c1cccc(-c2ccnc(N)n2)c1. The van der Waals surface area contributed by atoms with Gasteiger partial charge in [0.1, 0.15) is 0 Å². The molecule has 0 spiro atoms. The van der Waals surface area contributed by atoms with Crippen molar-refractivity contribution in [2.45, 2.75) is 0 Å². The first-order valence-electron chi connectivity index (χ1n) is 5.48. The van der Waals surface area contributed by atoms with Crippen LogP contribution >= 0.6 is 0 Å². The van der Waals surface area contributed by atoms with Crippen LogP contribution in [-0.4, -0.2) is 34.9 Å². The van der Waals surface area contributed by atoms with Gasteiger partial charge in [-0.05, 0) is 18.2 Å². The Hall–Kier alpha value is -2.43. The Bertz CT molecular complexity index is 581. The van der Waals surface area contributed by atoms with Crippen molar-refractivity contribution in [2.75, 3.05) is 19.8 Å². The van der Waals surface area contributed by atoms with E-state index in [4.69, 9.17) is 5.73 Å². The van der Waals surface area contributed by atoms with E-state index in [0.717, 1.165) is 5.56 Å². The second kappa shape index (κ2) is 4.83. The lowest BCUT2D eigenvalue weighted by Gasteiger charge is -2.11. The van der Waals surface area contributed by atoms with Gasteiger partial charge in [-0.3, -0.25) is 4.79 Å². The smallest absolute Gasteiger partial charge is 0.253 e. The van der Waals surface area contributed by atoms with Gasteiger partial charge in [-0.15, -0.1) is 0 Å². The first kappa shape index (κ1) is 12.0. The van der Waals surface area contributed by atoms with Crippen LogP contribution in [0.1, 0.15) is 10.4 Å². The predicted molar refractivity (Wildman–Crippen MR) is 69.9 cm³/mol. The third-order valence-corrected chi connectivity index (χ3v) is 2.49. The maximum atomic E-state index is 11.9. The van der Waals surface area contributed by atoms with Gasteiger partial charge in [-0.1, -0.05) is 12.1 Å². The predicted octanol–water partition coefficient (Wildman–Crippen LogP) is 1.43. The van der Waals surface area contributed by atoms with Crippen molar-refractivity contribution in [2.24, 2.45) is 0 Å². The summed E-state index contributed by atoms with van der Waals surface area (Å²) in [5.74, 6) is 0.177. The lowest BCUT2D eigenvalue weighted by molar-refractivity contribution is 0.0827. The summed E-state index contributed by atoms with van der Waals surface area (Å²) in [5.41, 5.74) is 7.71. The Kier molecular flexibility index (Phi) is 3.23. The highest BCUT2D eigenvalue weighted by atomic mass is 16.2. The Morgan fingerprint density at radius 2 is 2.06 bits per heavy atom. The second-order valence-electron chi connectivity index (χ2n) is 4.08. The standard InChI is InChI=1S/C13H14N4O/c1-17(2)12(18)10-5-3-4-9(8-10)11-6-7-15-13(14)16-11/h3-8H,1-2H3,(H2,14,15,16). The van der Waals surface area contributed by atoms with Crippen LogP contribution < -0.4 is 5.73 Å². The van der Waals surface area contributed by atoms with Crippen molar-refractivity contribution >= 4 is 11.9 Å². The van der Waals surface area contributed by atoms with Crippen molar-refractivity contribution in [3.63, 3.8) is 0 Å². The van der Waals surface area contributed by atoms with Gasteiger partial charge >= 0.3 is 0 Å². The summed E-state index contributed by atoms with van der Waals surface area (Å²) < 4.78 is 0. The molecule has 0 fully saturated rings. The van der Waals surface area contributed by atoms with E-state index in [9.17, 15) is 4.79 Å². The molecule has 5 nitrogen and oxygen atoms in total. The molecule has 1 aromatic heterocycles. The summed E-state index contributed by atoms with van der Waals surface area (Å²) in [4.78, 5) is 21.4. The number of anilines is 1. The van der Waals surface area contributed by atoms with Crippen molar-refractivity contribution < 1.29 is 4.79 Å².